The molecule has 160 valence electrons. The van der Waals surface area contributed by atoms with Gasteiger partial charge in [-0.25, -0.2) is 0 Å². The number of fused-ring (bicyclic) bond motifs is 3. The number of rotatable bonds is 3. The van der Waals surface area contributed by atoms with E-state index in [1.54, 1.807) is 6.20 Å². The molecule has 1 fully saturated rings. The van der Waals surface area contributed by atoms with Crippen LogP contribution in [0.25, 0.3) is 22.3 Å². The molecule has 0 bridgehead atoms. The molecule has 6 heteroatoms. The van der Waals surface area contributed by atoms with E-state index in [0.717, 1.165) is 53.6 Å². The van der Waals surface area contributed by atoms with Crippen LogP contribution in [0.5, 0.6) is 5.88 Å². The highest BCUT2D eigenvalue weighted by molar-refractivity contribution is 5.78. The summed E-state index contributed by atoms with van der Waals surface area (Å²) in [7, 11) is 0. The van der Waals surface area contributed by atoms with Gasteiger partial charge in [0.2, 0.25) is 5.88 Å². The van der Waals surface area contributed by atoms with Gasteiger partial charge in [0.25, 0.3) is 0 Å². The summed E-state index contributed by atoms with van der Waals surface area (Å²) in [5, 5.41) is 11.8. The van der Waals surface area contributed by atoms with Crippen LogP contribution in [0.2, 0.25) is 0 Å². The second kappa shape index (κ2) is 7.61. The first-order chi connectivity index (χ1) is 14.9. The van der Waals surface area contributed by atoms with Gasteiger partial charge in [-0.15, -0.1) is 0 Å². The van der Waals surface area contributed by atoms with Crippen LogP contribution in [0.15, 0.2) is 42.6 Å². The van der Waals surface area contributed by atoms with Gasteiger partial charge in [0, 0.05) is 35.8 Å². The van der Waals surface area contributed by atoms with Crippen LogP contribution in [0, 0.1) is 6.92 Å². The van der Waals surface area contributed by atoms with Crippen LogP contribution in [0.1, 0.15) is 38.4 Å². The van der Waals surface area contributed by atoms with E-state index >= 15 is 0 Å². The summed E-state index contributed by atoms with van der Waals surface area (Å²) < 4.78 is 6.09. The summed E-state index contributed by atoms with van der Waals surface area (Å²) in [6, 6.07) is 13.3. The standard InChI is InChI=1S/C25H29N5O/c1-16-11-18(13-26-29-16)17-5-6-21-19(12-17)15-31-24-22(21)7-8-23(27-24)30-10-9-20(14-30)28-25(2,3)4/h5-8,11-13,20,28H,9-10,14-15H2,1-4H3. The van der Waals surface area contributed by atoms with E-state index in [1.165, 1.54) is 11.1 Å². The molecule has 1 aromatic carbocycles. The first kappa shape index (κ1) is 19.9. The minimum absolute atomic E-state index is 0.126. The molecule has 1 saturated heterocycles. The van der Waals surface area contributed by atoms with Gasteiger partial charge >= 0.3 is 0 Å². The third-order valence-electron chi connectivity index (χ3n) is 5.86. The van der Waals surface area contributed by atoms with Gasteiger partial charge in [0.05, 0.1) is 11.9 Å². The fraction of sp³-hybridized carbons (Fsp3) is 0.400. The fourth-order valence-electron chi connectivity index (χ4n) is 4.55. The Hall–Kier alpha value is -2.99. The zero-order chi connectivity index (χ0) is 21.6. The van der Waals surface area contributed by atoms with Crippen molar-refractivity contribution in [3.05, 3.63) is 53.9 Å². The van der Waals surface area contributed by atoms with Gasteiger partial charge in [0.15, 0.2) is 0 Å². The molecular formula is C25H29N5O. The summed E-state index contributed by atoms with van der Waals surface area (Å²) in [6.07, 6.45) is 2.93. The van der Waals surface area contributed by atoms with E-state index in [2.05, 4.69) is 77.6 Å². The monoisotopic (exact) mass is 415 g/mol. The number of nitrogens with one attached hydrogen (secondary N) is 1. The number of nitrogens with zero attached hydrogens (tertiary/aromatic N) is 4. The van der Waals surface area contributed by atoms with Crippen LogP contribution >= 0.6 is 0 Å². The highest BCUT2D eigenvalue weighted by Gasteiger charge is 2.28. The zero-order valence-electron chi connectivity index (χ0n) is 18.6. The second-order valence-corrected chi connectivity index (χ2v) is 9.59. The van der Waals surface area contributed by atoms with Crippen molar-refractivity contribution in [1.82, 2.24) is 20.5 Å². The number of anilines is 1. The Bertz CT molecular complexity index is 1120. The molecule has 2 aliphatic heterocycles. The van der Waals surface area contributed by atoms with Crippen molar-refractivity contribution >= 4 is 5.82 Å². The fourth-order valence-corrected chi connectivity index (χ4v) is 4.55. The molecule has 5 rings (SSSR count). The average molecular weight is 416 g/mol. The number of hydrogen-bond donors (Lipinski definition) is 1. The first-order valence-electron chi connectivity index (χ1n) is 11.0. The van der Waals surface area contributed by atoms with Gasteiger partial charge < -0.3 is 15.0 Å². The molecule has 0 spiro atoms. The highest BCUT2D eigenvalue weighted by Crippen LogP contribution is 2.39. The molecule has 1 N–H and O–H groups in total. The summed E-state index contributed by atoms with van der Waals surface area (Å²) in [4.78, 5) is 7.23. The van der Waals surface area contributed by atoms with Gasteiger partial charge in [-0.05, 0) is 75.1 Å². The molecule has 2 aromatic heterocycles. The van der Waals surface area contributed by atoms with Crippen LogP contribution in [-0.4, -0.2) is 39.9 Å². The van der Waals surface area contributed by atoms with Crippen LogP contribution in [0.3, 0.4) is 0 Å². The Morgan fingerprint density at radius 1 is 1.06 bits per heavy atom. The topological polar surface area (TPSA) is 63.2 Å². The van der Waals surface area contributed by atoms with Crippen molar-refractivity contribution < 1.29 is 4.74 Å². The minimum Gasteiger partial charge on any atom is -0.472 e. The number of aromatic nitrogens is 3. The van der Waals surface area contributed by atoms with E-state index in [1.807, 2.05) is 6.92 Å². The van der Waals surface area contributed by atoms with Crippen molar-refractivity contribution in [2.45, 2.75) is 52.3 Å². The van der Waals surface area contributed by atoms with E-state index in [4.69, 9.17) is 9.72 Å². The average Bonchev–Trinajstić information content (AvgIpc) is 3.19. The van der Waals surface area contributed by atoms with E-state index < -0.39 is 0 Å². The molecule has 0 saturated carbocycles. The smallest absolute Gasteiger partial charge is 0.223 e. The second-order valence-electron chi connectivity index (χ2n) is 9.59. The zero-order valence-corrected chi connectivity index (χ0v) is 18.6. The predicted molar refractivity (Wildman–Crippen MR) is 123 cm³/mol. The minimum atomic E-state index is 0.126. The maximum Gasteiger partial charge on any atom is 0.223 e. The van der Waals surface area contributed by atoms with Crippen LogP contribution < -0.4 is 15.0 Å². The molecule has 3 aromatic rings. The quantitative estimate of drug-likeness (QED) is 0.685. The molecule has 31 heavy (non-hydrogen) atoms. The van der Waals surface area contributed by atoms with Crippen LogP contribution in [-0.2, 0) is 6.61 Å². The summed E-state index contributed by atoms with van der Waals surface area (Å²) in [5.41, 5.74) is 6.66. The van der Waals surface area contributed by atoms with Gasteiger partial charge in [0.1, 0.15) is 12.4 Å². The maximum atomic E-state index is 6.09. The molecule has 2 aliphatic rings. The lowest BCUT2D eigenvalue weighted by Gasteiger charge is -2.26. The summed E-state index contributed by atoms with van der Waals surface area (Å²) in [5.74, 6) is 1.72. The Labute approximate surface area is 183 Å². The lowest BCUT2D eigenvalue weighted by atomic mass is 9.95. The molecule has 0 amide bonds. The molecule has 0 radical (unpaired) electrons. The summed E-state index contributed by atoms with van der Waals surface area (Å²) >= 11 is 0. The van der Waals surface area contributed by atoms with Gasteiger partial charge in [-0.1, -0.05) is 12.1 Å². The van der Waals surface area contributed by atoms with E-state index in [9.17, 15) is 0 Å². The lowest BCUT2D eigenvalue weighted by molar-refractivity contribution is 0.290. The number of benzene rings is 1. The maximum absolute atomic E-state index is 6.09. The van der Waals surface area contributed by atoms with Crippen molar-refractivity contribution in [2.24, 2.45) is 0 Å². The predicted octanol–water partition coefficient (Wildman–Crippen LogP) is 4.37. The number of ether oxygens (including phenoxy) is 1. The normalized spacial score (nSPS) is 17.8. The molecule has 1 atom stereocenters. The third-order valence-corrected chi connectivity index (χ3v) is 5.86. The Balaban J connectivity index is 1.39. The molecule has 6 nitrogen and oxygen atoms in total. The van der Waals surface area contributed by atoms with Crippen LogP contribution in [0.4, 0.5) is 5.82 Å². The molecule has 0 aliphatic carbocycles. The van der Waals surface area contributed by atoms with Gasteiger partial charge in [-0.3, -0.25) is 0 Å². The van der Waals surface area contributed by atoms with Crippen molar-refractivity contribution in [2.75, 3.05) is 18.0 Å². The van der Waals surface area contributed by atoms with E-state index in [-0.39, 0.29) is 5.54 Å². The Kier molecular flexibility index (Phi) is 4.89. The largest absolute Gasteiger partial charge is 0.472 e. The molecular weight excluding hydrogens is 386 g/mol. The lowest BCUT2D eigenvalue weighted by Crippen LogP contribution is -2.44. The van der Waals surface area contributed by atoms with Crippen molar-refractivity contribution in [1.29, 1.82) is 0 Å². The van der Waals surface area contributed by atoms with Crippen molar-refractivity contribution in [3.63, 3.8) is 0 Å². The van der Waals surface area contributed by atoms with E-state index in [0.29, 0.717) is 12.6 Å². The van der Waals surface area contributed by atoms with Crippen molar-refractivity contribution in [3.8, 4) is 28.1 Å². The first-order valence-corrected chi connectivity index (χ1v) is 11.0. The molecule has 1 unspecified atom stereocenters. The SMILES string of the molecule is Cc1cc(-c2ccc3c(c2)COc2nc(N4CCC(NC(C)(C)C)C4)ccc2-3)cnn1. The number of pyridine rings is 1. The number of hydrogen-bond acceptors (Lipinski definition) is 6. The molecule has 4 heterocycles. The highest BCUT2D eigenvalue weighted by atomic mass is 16.5. The van der Waals surface area contributed by atoms with Gasteiger partial charge in [-0.2, -0.15) is 15.2 Å². The number of aryl methyl sites for hydroxylation is 1. The Morgan fingerprint density at radius 3 is 2.71 bits per heavy atom. The third kappa shape index (κ3) is 4.12. The summed E-state index contributed by atoms with van der Waals surface area (Å²) in [6.45, 7) is 11.1. The Morgan fingerprint density at radius 2 is 1.90 bits per heavy atom.